The number of aliphatic hydroxyl groups excluding tert-OH is 1. The summed E-state index contributed by atoms with van der Waals surface area (Å²) >= 11 is 0. The Labute approximate surface area is 148 Å². The van der Waals surface area contributed by atoms with Gasteiger partial charge in [0.05, 0.1) is 25.4 Å². The van der Waals surface area contributed by atoms with Crippen molar-refractivity contribution in [2.24, 2.45) is 5.73 Å². The largest absolute Gasteiger partial charge is 0.493 e. The van der Waals surface area contributed by atoms with Crippen LogP contribution in [0.15, 0.2) is 18.2 Å². The molecule has 8 heteroatoms. The molecule has 0 aromatic heterocycles. The Morgan fingerprint density at radius 1 is 1.36 bits per heavy atom. The van der Waals surface area contributed by atoms with Gasteiger partial charge in [0.1, 0.15) is 0 Å². The molecule has 1 aromatic rings. The summed E-state index contributed by atoms with van der Waals surface area (Å²) in [5.74, 6) is -0.142. The number of nitrogens with zero attached hydrogens (tertiary/aromatic N) is 1. The number of methoxy groups -OCH3 is 1. The number of ether oxygens (including phenoxy) is 2. The van der Waals surface area contributed by atoms with E-state index in [1.807, 2.05) is 0 Å². The quantitative estimate of drug-likeness (QED) is 0.593. The van der Waals surface area contributed by atoms with E-state index in [9.17, 15) is 9.90 Å². The summed E-state index contributed by atoms with van der Waals surface area (Å²) in [5, 5.41) is 16.8. The topological polar surface area (TPSA) is 122 Å². The van der Waals surface area contributed by atoms with Crippen molar-refractivity contribution in [3.63, 3.8) is 0 Å². The number of carboxylic acid groups (broad SMARTS) is 1. The number of hydrogen-bond acceptors (Lipinski definition) is 6. The van der Waals surface area contributed by atoms with Crippen LogP contribution in [0.3, 0.4) is 0 Å². The van der Waals surface area contributed by atoms with Crippen LogP contribution in [0.4, 0.5) is 0 Å². The van der Waals surface area contributed by atoms with Gasteiger partial charge in [-0.3, -0.25) is 9.59 Å². The molecule has 1 unspecified atom stereocenters. The van der Waals surface area contributed by atoms with Crippen molar-refractivity contribution in [1.82, 2.24) is 4.90 Å². The average molecular weight is 356 g/mol. The lowest BCUT2D eigenvalue weighted by atomic mass is 10.1. The first-order valence-electron chi connectivity index (χ1n) is 7.87. The maximum Gasteiger partial charge on any atom is 0.300 e. The average Bonchev–Trinajstić information content (AvgIpc) is 2.53. The Hall–Kier alpha value is -2.32. The maximum absolute atomic E-state index is 12.5. The summed E-state index contributed by atoms with van der Waals surface area (Å²) < 4.78 is 10.9. The standard InChI is InChI=1S/C15H24N2O4.C2H4O2/c1-11(18)10-17(2)15(19)12-6-4-7-13(20-3)14(12)21-9-5-8-16;1-2(3)4/h4,6-7,11,18H,5,8-10,16H2,1-3H3;1H3,(H,3,4). The number of likely N-dealkylation sites (N-methyl/N-ethyl adjacent to an activating group) is 1. The van der Waals surface area contributed by atoms with Crippen molar-refractivity contribution < 1.29 is 29.3 Å². The van der Waals surface area contributed by atoms with E-state index in [-0.39, 0.29) is 12.5 Å². The molecule has 0 fully saturated rings. The van der Waals surface area contributed by atoms with Gasteiger partial charge < -0.3 is 30.3 Å². The summed E-state index contributed by atoms with van der Waals surface area (Å²) in [6.45, 7) is 3.89. The molecule has 1 rings (SSSR count). The molecule has 1 amide bonds. The zero-order valence-electron chi connectivity index (χ0n) is 15.2. The van der Waals surface area contributed by atoms with Gasteiger partial charge in [-0.05, 0) is 32.0 Å². The zero-order chi connectivity index (χ0) is 19.4. The predicted molar refractivity (Wildman–Crippen MR) is 94.1 cm³/mol. The number of carbonyl (C=O) groups excluding carboxylic acids is 1. The molecule has 8 nitrogen and oxygen atoms in total. The summed E-state index contributed by atoms with van der Waals surface area (Å²) in [4.78, 5) is 22.9. The summed E-state index contributed by atoms with van der Waals surface area (Å²) in [6, 6.07) is 5.16. The first kappa shape index (κ1) is 22.7. The number of rotatable bonds is 8. The van der Waals surface area contributed by atoms with E-state index in [0.717, 1.165) is 6.92 Å². The molecule has 0 heterocycles. The first-order chi connectivity index (χ1) is 11.7. The number of nitrogens with two attached hydrogens (primary N) is 1. The van der Waals surface area contributed by atoms with Crippen LogP contribution in [-0.2, 0) is 4.79 Å². The number of carboxylic acids is 1. The fourth-order valence-electron chi connectivity index (χ4n) is 1.94. The molecule has 142 valence electrons. The van der Waals surface area contributed by atoms with Crippen LogP contribution in [0, 0.1) is 0 Å². The van der Waals surface area contributed by atoms with Gasteiger partial charge in [0.25, 0.3) is 11.9 Å². The van der Waals surface area contributed by atoms with Crippen molar-refractivity contribution in [2.45, 2.75) is 26.4 Å². The highest BCUT2D eigenvalue weighted by molar-refractivity contribution is 5.97. The Morgan fingerprint density at radius 2 is 1.96 bits per heavy atom. The Kier molecular flexibility index (Phi) is 11.0. The first-order valence-corrected chi connectivity index (χ1v) is 7.87. The van der Waals surface area contributed by atoms with Crippen LogP contribution in [0.25, 0.3) is 0 Å². The normalized spacial score (nSPS) is 11.0. The van der Waals surface area contributed by atoms with Crippen molar-refractivity contribution in [3.05, 3.63) is 23.8 Å². The van der Waals surface area contributed by atoms with Crippen LogP contribution in [0.1, 0.15) is 30.6 Å². The second kappa shape index (κ2) is 12.1. The Bertz CT molecular complexity index is 544. The molecule has 0 aliphatic heterocycles. The summed E-state index contributed by atoms with van der Waals surface area (Å²) in [7, 11) is 3.16. The number of benzene rings is 1. The van der Waals surface area contributed by atoms with E-state index in [2.05, 4.69) is 0 Å². The second-order valence-corrected chi connectivity index (χ2v) is 5.38. The van der Waals surface area contributed by atoms with Crippen molar-refractivity contribution in [2.75, 3.05) is 33.9 Å². The molecule has 1 atom stereocenters. The van der Waals surface area contributed by atoms with Crippen LogP contribution in [0.2, 0.25) is 0 Å². The number of aliphatic hydroxyl groups is 1. The molecule has 0 bridgehead atoms. The van der Waals surface area contributed by atoms with Gasteiger partial charge in [-0.1, -0.05) is 6.07 Å². The molecule has 0 saturated carbocycles. The SMILES string of the molecule is CC(=O)O.COc1cccc(C(=O)N(C)CC(C)O)c1OCCCN. The number of carbonyl (C=O) groups is 2. The van der Waals surface area contributed by atoms with E-state index >= 15 is 0 Å². The highest BCUT2D eigenvalue weighted by Crippen LogP contribution is 2.32. The number of hydrogen-bond donors (Lipinski definition) is 3. The highest BCUT2D eigenvalue weighted by atomic mass is 16.5. The molecule has 0 aliphatic rings. The van der Waals surface area contributed by atoms with Crippen LogP contribution in [-0.4, -0.2) is 66.9 Å². The van der Waals surface area contributed by atoms with Gasteiger partial charge in [0, 0.05) is 20.5 Å². The van der Waals surface area contributed by atoms with Crippen LogP contribution in [0.5, 0.6) is 11.5 Å². The lowest BCUT2D eigenvalue weighted by molar-refractivity contribution is -0.134. The van der Waals surface area contributed by atoms with Gasteiger partial charge >= 0.3 is 0 Å². The molecular formula is C17H28N2O6. The van der Waals surface area contributed by atoms with Crippen LogP contribution >= 0.6 is 0 Å². The summed E-state index contributed by atoms with van der Waals surface area (Å²) in [6.07, 6.45) is 0.0982. The fourth-order valence-corrected chi connectivity index (χ4v) is 1.94. The van der Waals surface area contributed by atoms with E-state index < -0.39 is 12.1 Å². The van der Waals surface area contributed by atoms with Gasteiger partial charge in [-0.2, -0.15) is 0 Å². The van der Waals surface area contributed by atoms with Gasteiger partial charge in [-0.15, -0.1) is 0 Å². The smallest absolute Gasteiger partial charge is 0.300 e. The minimum atomic E-state index is -0.833. The predicted octanol–water partition coefficient (Wildman–Crippen LogP) is 0.967. The van der Waals surface area contributed by atoms with Crippen LogP contribution < -0.4 is 15.2 Å². The Morgan fingerprint density at radius 3 is 2.44 bits per heavy atom. The number of amides is 1. The minimum absolute atomic E-state index is 0.224. The van der Waals surface area contributed by atoms with Crippen molar-refractivity contribution >= 4 is 11.9 Å². The summed E-state index contributed by atoms with van der Waals surface area (Å²) in [5.41, 5.74) is 5.86. The fraction of sp³-hybridized carbons (Fsp3) is 0.529. The number of para-hydroxylation sites is 1. The lowest BCUT2D eigenvalue weighted by Crippen LogP contribution is -2.33. The maximum atomic E-state index is 12.5. The lowest BCUT2D eigenvalue weighted by Gasteiger charge is -2.21. The third-order valence-corrected chi connectivity index (χ3v) is 2.91. The van der Waals surface area contributed by atoms with Gasteiger partial charge in [0.15, 0.2) is 11.5 Å². The third-order valence-electron chi connectivity index (χ3n) is 2.91. The Balaban J connectivity index is 0.00000129. The van der Waals surface area contributed by atoms with Crippen molar-refractivity contribution in [3.8, 4) is 11.5 Å². The van der Waals surface area contributed by atoms with Gasteiger partial charge in [-0.25, -0.2) is 0 Å². The number of aliphatic carboxylic acids is 1. The van der Waals surface area contributed by atoms with E-state index in [1.165, 1.54) is 12.0 Å². The van der Waals surface area contributed by atoms with E-state index in [0.29, 0.717) is 36.6 Å². The van der Waals surface area contributed by atoms with E-state index in [1.54, 1.807) is 32.2 Å². The molecule has 4 N–H and O–H groups in total. The van der Waals surface area contributed by atoms with E-state index in [4.69, 9.17) is 25.1 Å². The molecule has 0 spiro atoms. The van der Waals surface area contributed by atoms with Crippen molar-refractivity contribution in [1.29, 1.82) is 0 Å². The van der Waals surface area contributed by atoms with Gasteiger partial charge in [0.2, 0.25) is 0 Å². The molecule has 1 aromatic carbocycles. The molecule has 0 saturated heterocycles. The minimum Gasteiger partial charge on any atom is -0.493 e. The molecule has 0 aliphatic carbocycles. The highest BCUT2D eigenvalue weighted by Gasteiger charge is 2.20. The molecule has 0 radical (unpaired) electrons. The monoisotopic (exact) mass is 356 g/mol. The second-order valence-electron chi connectivity index (χ2n) is 5.38. The molecule has 25 heavy (non-hydrogen) atoms. The third kappa shape index (κ3) is 8.92. The molecular weight excluding hydrogens is 328 g/mol. The zero-order valence-corrected chi connectivity index (χ0v) is 15.2.